The average molecular weight is 473 g/mol. The van der Waals surface area contributed by atoms with Crippen LogP contribution in [0.5, 0.6) is 11.5 Å². The molecule has 2 aromatic rings. The van der Waals surface area contributed by atoms with E-state index in [4.69, 9.17) is 9.47 Å². The van der Waals surface area contributed by atoms with Gasteiger partial charge in [-0.3, -0.25) is 0 Å². The second kappa shape index (κ2) is 9.23. The van der Waals surface area contributed by atoms with E-state index >= 15 is 0 Å². The fraction of sp³-hybridized carbons (Fsp3) is 0.222. The van der Waals surface area contributed by atoms with Gasteiger partial charge >= 0.3 is 153 Å². The molecule has 0 N–H and O–H groups in total. The van der Waals surface area contributed by atoms with Crippen molar-refractivity contribution in [2.24, 2.45) is 0 Å². The zero-order valence-electron chi connectivity index (χ0n) is 12.7. The minimum absolute atomic E-state index is 0.545. The van der Waals surface area contributed by atoms with Crippen LogP contribution >= 0.6 is 22.6 Å². The van der Waals surface area contributed by atoms with Gasteiger partial charge in [0.05, 0.1) is 0 Å². The van der Waals surface area contributed by atoms with E-state index in [2.05, 4.69) is 65.1 Å². The summed E-state index contributed by atoms with van der Waals surface area (Å²) in [6, 6.07) is 16.7. The van der Waals surface area contributed by atoms with Gasteiger partial charge in [0.1, 0.15) is 0 Å². The van der Waals surface area contributed by atoms with Gasteiger partial charge in [0, 0.05) is 0 Å². The Morgan fingerprint density at radius 3 is 2.45 bits per heavy atom. The number of ether oxygens (including phenoxy) is 2. The number of allylic oxidation sites excluding steroid dienone is 1. The molecule has 0 aliphatic heterocycles. The first-order valence-corrected chi connectivity index (χ1v) is 10.1. The Morgan fingerprint density at radius 2 is 1.77 bits per heavy atom. The predicted octanol–water partition coefficient (Wildman–Crippen LogP) is 4.32. The topological polar surface area (TPSA) is 18.5 Å². The molecule has 116 valence electrons. The first kappa shape index (κ1) is 17.4. The van der Waals surface area contributed by atoms with Crippen LogP contribution in [-0.2, 0) is 0 Å². The molecule has 22 heavy (non-hydrogen) atoms. The average Bonchev–Trinajstić information content (AvgIpc) is 2.55. The second-order valence-corrected chi connectivity index (χ2v) is 8.45. The van der Waals surface area contributed by atoms with Crippen LogP contribution < -0.4 is 13.9 Å². The molecule has 0 bridgehead atoms. The molecular weight excluding hydrogens is 454 g/mol. The summed E-state index contributed by atoms with van der Waals surface area (Å²) in [6.45, 7) is 0. The third-order valence-electron chi connectivity index (χ3n) is 3.08. The van der Waals surface area contributed by atoms with Crippen molar-refractivity contribution >= 4 is 48.1 Å². The standard InChI is InChI=1S/C18H19IO2Se/c1-20-17-9-8-14(13-18(17)21-2)12-15(19)10-11-22-16-6-4-3-5-7-16/h3-9,12-13H,10-11H2,1-2H3/b15-12-. The van der Waals surface area contributed by atoms with Crippen molar-refractivity contribution < 1.29 is 9.47 Å². The van der Waals surface area contributed by atoms with Gasteiger partial charge in [-0.05, 0) is 0 Å². The molecule has 0 heterocycles. The Bertz CT molecular complexity index is 626. The van der Waals surface area contributed by atoms with Gasteiger partial charge in [0.2, 0.25) is 0 Å². The van der Waals surface area contributed by atoms with E-state index in [1.54, 1.807) is 14.2 Å². The Kier molecular flexibility index (Phi) is 7.30. The van der Waals surface area contributed by atoms with Crippen LogP contribution in [0.3, 0.4) is 0 Å². The van der Waals surface area contributed by atoms with Gasteiger partial charge < -0.3 is 0 Å². The van der Waals surface area contributed by atoms with E-state index in [9.17, 15) is 0 Å². The van der Waals surface area contributed by atoms with E-state index in [0.29, 0.717) is 15.0 Å². The van der Waals surface area contributed by atoms with E-state index in [0.717, 1.165) is 23.5 Å². The van der Waals surface area contributed by atoms with Crippen molar-refractivity contribution in [3.8, 4) is 11.5 Å². The van der Waals surface area contributed by atoms with Gasteiger partial charge in [-0.2, -0.15) is 0 Å². The van der Waals surface area contributed by atoms with Gasteiger partial charge in [-0.15, -0.1) is 0 Å². The van der Waals surface area contributed by atoms with Crippen molar-refractivity contribution in [2.75, 3.05) is 14.2 Å². The molecular formula is C18H19IO2Se. The number of hydrogen-bond donors (Lipinski definition) is 0. The first-order valence-electron chi connectivity index (χ1n) is 6.99. The summed E-state index contributed by atoms with van der Waals surface area (Å²) >= 11 is 2.97. The number of halogens is 1. The molecule has 2 aromatic carbocycles. The van der Waals surface area contributed by atoms with Crippen molar-refractivity contribution in [1.82, 2.24) is 0 Å². The summed E-state index contributed by atoms with van der Waals surface area (Å²) < 4.78 is 13.4. The molecule has 0 amide bonds. The molecule has 0 saturated carbocycles. The minimum atomic E-state index is 0.545. The van der Waals surface area contributed by atoms with Gasteiger partial charge in [-0.1, -0.05) is 0 Å². The molecule has 0 saturated heterocycles. The zero-order chi connectivity index (χ0) is 15.8. The van der Waals surface area contributed by atoms with Crippen LogP contribution in [0.25, 0.3) is 6.08 Å². The Balaban J connectivity index is 1.94. The number of methoxy groups -OCH3 is 2. The Labute approximate surface area is 152 Å². The molecule has 2 rings (SSSR count). The van der Waals surface area contributed by atoms with Crippen molar-refractivity contribution in [3.05, 3.63) is 57.7 Å². The number of rotatable bonds is 7. The van der Waals surface area contributed by atoms with E-state index in [1.165, 1.54) is 13.4 Å². The molecule has 0 aromatic heterocycles. The van der Waals surface area contributed by atoms with E-state index in [1.807, 2.05) is 12.1 Å². The quantitative estimate of drug-likeness (QED) is 0.441. The van der Waals surface area contributed by atoms with Crippen molar-refractivity contribution in [3.63, 3.8) is 0 Å². The molecule has 0 radical (unpaired) electrons. The molecule has 2 nitrogen and oxygen atoms in total. The van der Waals surface area contributed by atoms with Crippen LogP contribution in [0.15, 0.2) is 52.1 Å². The fourth-order valence-corrected chi connectivity index (χ4v) is 5.33. The van der Waals surface area contributed by atoms with Crippen LogP contribution in [0.2, 0.25) is 5.32 Å². The van der Waals surface area contributed by atoms with Crippen LogP contribution in [0, 0.1) is 0 Å². The Hall–Kier alpha value is -0.971. The van der Waals surface area contributed by atoms with Crippen LogP contribution in [-0.4, -0.2) is 29.2 Å². The summed E-state index contributed by atoms with van der Waals surface area (Å²) in [7, 11) is 3.32. The van der Waals surface area contributed by atoms with E-state index < -0.39 is 0 Å². The number of hydrogen-bond acceptors (Lipinski definition) is 2. The van der Waals surface area contributed by atoms with E-state index in [-0.39, 0.29) is 0 Å². The maximum absolute atomic E-state index is 5.34. The maximum atomic E-state index is 5.34. The summed E-state index contributed by atoms with van der Waals surface area (Å²) in [5, 5.41) is 1.22. The van der Waals surface area contributed by atoms with Gasteiger partial charge in [0.25, 0.3) is 0 Å². The molecule has 4 heteroatoms. The van der Waals surface area contributed by atoms with Crippen molar-refractivity contribution in [2.45, 2.75) is 11.7 Å². The first-order chi connectivity index (χ1) is 10.7. The molecule has 0 aliphatic carbocycles. The predicted molar refractivity (Wildman–Crippen MR) is 103 cm³/mol. The molecule has 0 aliphatic rings. The fourth-order valence-electron chi connectivity index (χ4n) is 1.98. The summed E-state index contributed by atoms with van der Waals surface area (Å²) in [4.78, 5) is 0. The van der Waals surface area contributed by atoms with Gasteiger partial charge in [0.15, 0.2) is 0 Å². The normalized spacial score (nSPS) is 11.3. The molecule has 0 unspecified atom stereocenters. The summed E-state index contributed by atoms with van der Waals surface area (Å²) in [6.07, 6.45) is 3.33. The Morgan fingerprint density at radius 1 is 1.05 bits per heavy atom. The van der Waals surface area contributed by atoms with Crippen LogP contribution in [0.1, 0.15) is 12.0 Å². The molecule has 0 atom stereocenters. The second-order valence-electron chi connectivity index (χ2n) is 4.62. The monoisotopic (exact) mass is 474 g/mol. The zero-order valence-corrected chi connectivity index (χ0v) is 16.6. The third kappa shape index (κ3) is 5.34. The SMILES string of the molecule is COc1ccc(/C=C(\I)CC[Se]c2ccccc2)cc1OC. The number of benzene rings is 2. The summed E-state index contributed by atoms with van der Waals surface area (Å²) in [5.41, 5.74) is 1.15. The van der Waals surface area contributed by atoms with Gasteiger partial charge in [-0.25, -0.2) is 0 Å². The van der Waals surface area contributed by atoms with Crippen LogP contribution in [0.4, 0.5) is 0 Å². The summed E-state index contributed by atoms with van der Waals surface area (Å²) in [5.74, 6) is 1.54. The third-order valence-corrected chi connectivity index (χ3v) is 6.06. The molecule has 0 fully saturated rings. The van der Waals surface area contributed by atoms with Crippen molar-refractivity contribution in [1.29, 1.82) is 0 Å². The molecule has 0 spiro atoms.